The molecule has 0 amide bonds. The van der Waals surface area contributed by atoms with Gasteiger partial charge in [0, 0.05) is 6.07 Å². The lowest BCUT2D eigenvalue weighted by Crippen LogP contribution is -2.36. The summed E-state index contributed by atoms with van der Waals surface area (Å²) in [6.45, 7) is 2.78. The van der Waals surface area contributed by atoms with Gasteiger partial charge in [-0.25, -0.2) is 34.8 Å². The summed E-state index contributed by atoms with van der Waals surface area (Å²) in [5, 5.41) is 8.73. The summed E-state index contributed by atoms with van der Waals surface area (Å²) in [7, 11) is -8.87. The van der Waals surface area contributed by atoms with Crippen LogP contribution < -0.4 is 4.72 Å². The normalized spacial score (nSPS) is 13.5. The fourth-order valence-corrected chi connectivity index (χ4v) is 6.51. The number of sulfonamides is 1. The van der Waals surface area contributed by atoms with Gasteiger partial charge in [0.05, 0.1) is 11.4 Å². The number of carbonyl (C=O) groups is 1. The van der Waals surface area contributed by atoms with Crippen LogP contribution in [0.5, 0.6) is 0 Å². The molecule has 7 nitrogen and oxygen atoms in total. The Morgan fingerprint density at radius 3 is 2.16 bits per heavy atom. The molecule has 0 bridgehead atoms. The molecule has 1 unspecified atom stereocenters. The number of hydrogen-bond donors (Lipinski definition) is 2. The summed E-state index contributed by atoms with van der Waals surface area (Å²) < 4.78 is 89.0. The number of sulfone groups is 1. The van der Waals surface area contributed by atoms with Crippen LogP contribution in [0, 0.1) is 17.5 Å². The van der Waals surface area contributed by atoms with Crippen molar-refractivity contribution in [3.8, 4) is 0 Å². The molecule has 1 aromatic carbocycles. The van der Waals surface area contributed by atoms with Crippen molar-refractivity contribution in [3.63, 3.8) is 0 Å². The first-order valence-electron chi connectivity index (χ1n) is 7.03. The van der Waals surface area contributed by atoms with Crippen molar-refractivity contribution in [2.45, 2.75) is 31.3 Å². The van der Waals surface area contributed by atoms with E-state index in [1.807, 2.05) is 0 Å². The highest BCUT2D eigenvalue weighted by atomic mass is 32.3. The Morgan fingerprint density at radius 1 is 1.16 bits per heavy atom. The van der Waals surface area contributed by atoms with Crippen LogP contribution in [0.4, 0.5) is 18.9 Å². The van der Waals surface area contributed by atoms with E-state index >= 15 is 0 Å². The molecule has 2 N–H and O–H groups in total. The lowest BCUT2D eigenvalue weighted by atomic mass is 10.1. The third-order valence-corrected chi connectivity index (χ3v) is 8.47. The predicted molar refractivity (Wildman–Crippen MR) is 84.0 cm³/mol. The van der Waals surface area contributed by atoms with Crippen LogP contribution in [-0.4, -0.2) is 38.2 Å². The molecule has 0 heterocycles. The van der Waals surface area contributed by atoms with E-state index < -0.39 is 64.9 Å². The van der Waals surface area contributed by atoms with Gasteiger partial charge in [0.25, 0.3) is 0 Å². The van der Waals surface area contributed by atoms with Crippen molar-refractivity contribution in [2.75, 3.05) is 10.5 Å². The first kappa shape index (κ1) is 21.2. The number of benzene rings is 1. The van der Waals surface area contributed by atoms with E-state index in [0.717, 1.165) is 0 Å². The molecular formula is C13H16F3NO6S2. The highest BCUT2D eigenvalue weighted by Gasteiger charge is 2.37. The van der Waals surface area contributed by atoms with Gasteiger partial charge in [0.2, 0.25) is 10.0 Å². The molecule has 0 aromatic heterocycles. The Kier molecular flexibility index (Phi) is 6.45. The van der Waals surface area contributed by atoms with Crippen molar-refractivity contribution in [1.29, 1.82) is 0 Å². The van der Waals surface area contributed by atoms with Crippen LogP contribution in [0.25, 0.3) is 0 Å². The molecule has 0 radical (unpaired) electrons. The molecule has 1 atom stereocenters. The smallest absolute Gasteiger partial charge is 0.341 e. The minimum absolute atomic E-state index is 0.105. The molecular weight excluding hydrogens is 387 g/mol. The zero-order valence-electron chi connectivity index (χ0n) is 13.2. The van der Waals surface area contributed by atoms with Gasteiger partial charge >= 0.3 is 5.97 Å². The van der Waals surface area contributed by atoms with E-state index in [0.29, 0.717) is 0 Å². The minimum atomic E-state index is -4.76. The molecule has 25 heavy (non-hydrogen) atoms. The molecule has 0 aliphatic carbocycles. The number of anilines is 1. The predicted octanol–water partition coefficient (Wildman–Crippen LogP) is 2.10. The highest BCUT2D eigenvalue weighted by Crippen LogP contribution is 2.27. The summed E-state index contributed by atoms with van der Waals surface area (Å²) in [6, 6.07) is 0.105. The molecule has 142 valence electrons. The summed E-state index contributed by atoms with van der Waals surface area (Å²) in [4.78, 5) is 10.8. The molecule has 0 fully saturated rings. The maximum absolute atomic E-state index is 14.0. The topological polar surface area (TPSA) is 118 Å². The van der Waals surface area contributed by atoms with Crippen molar-refractivity contribution < 1.29 is 39.9 Å². The molecule has 0 spiro atoms. The second-order valence-electron chi connectivity index (χ2n) is 5.07. The molecule has 0 saturated heterocycles. The van der Waals surface area contributed by atoms with E-state index in [4.69, 9.17) is 5.11 Å². The molecule has 1 aromatic rings. The van der Waals surface area contributed by atoms with Crippen LogP contribution in [0.2, 0.25) is 0 Å². The zero-order valence-corrected chi connectivity index (χ0v) is 14.8. The van der Waals surface area contributed by atoms with Gasteiger partial charge in [-0.2, -0.15) is 0 Å². The SMILES string of the molecule is CCCS(=O)(=O)C(CC)S(=O)(=O)Nc1cc(F)c(F)c(C(=O)O)c1F. The fourth-order valence-electron chi connectivity index (χ4n) is 2.17. The molecule has 0 saturated carbocycles. The Balaban J connectivity index is 3.44. The number of carboxylic acid groups (broad SMARTS) is 1. The Hall–Kier alpha value is -1.82. The third kappa shape index (κ3) is 4.42. The summed E-state index contributed by atoms with van der Waals surface area (Å²) in [5.74, 6) is -8.27. The van der Waals surface area contributed by atoms with Crippen LogP contribution in [0.3, 0.4) is 0 Å². The third-order valence-electron chi connectivity index (χ3n) is 3.19. The average molecular weight is 403 g/mol. The van der Waals surface area contributed by atoms with Gasteiger partial charge in [-0.3, -0.25) is 4.72 Å². The monoisotopic (exact) mass is 403 g/mol. The van der Waals surface area contributed by atoms with Crippen molar-refractivity contribution >= 4 is 31.5 Å². The standard InChI is InChI=1S/C13H16F3NO6S2/c1-3-5-24(20,21)9(4-2)25(22,23)17-8-6-7(14)11(15)10(12(8)16)13(18)19/h6,9,17H,3-5H2,1-2H3,(H,18,19). The second kappa shape index (κ2) is 7.60. The van der Waals surface area contributed by atoms with E-state index in [1.165, 1.54) is 18.6 Å². The maximum atomic E-state index is 14.0. The van der Waals surface area contributed by atoms with Gasteiger partial charge in [0.15, 0.2) is 31.9 Å². The lowest BCUT2D eigenvalue weighted by molar-refractivity contribution is 0.0685. The quantitative estimate of drug-likeness (QED) is 0.642. The number of aromatic carboxylic acids is 1. The minimum Gasteiger partial charge on any atom is -0.477 e. The Bertz CT molecular complexity index is 884. The Morgan fingerprint density at radius 2 is 1.72 bits per heavy atom. The van der Waals surface area contributed by atoms with Gasteiger partial charge in [-0.1, -0.05) is 13.8 Å². The number of halogens is 3. The second-order valence-corrected chi connectivity index (χ2v) is 9.53. The van der Waals surface area contributed by atoms with Gasteiger partial charge in [0.1, 0.15) is 5.56 Å². The number of carboxylic acids is 1. The molecule has 0 aliphatic rings. The summed E-state index contributed by atoms with van der Waals surface area (Å²) >= 11 is 0. The Labute approximate surface area is 142 Å². The molecule has 0 aliphatic heterocycles. The van der Waals surface area contributed by atoms with Crippen molar-refractivity contribution in [3.05, 3.63) is 29.1 Å². The largest absolute Gasteiger partial charge is 0.477 e. The molecule has 1 rings (SSSR count). The summed E-state index contributed by atoms with van der Waals surface area (Å²) in [6.07, 6.45) is -0.244. The van der Waals surface area contributed by atoms with Gasteiger partial charge in [-0.15, -0.1) is 0 Å². The number of nitrogens with one attached hydrogen (secondary N) is 1. The summed E-state index contributed by atoms with van der Waals surface area (Å²) in [5.41, 5.74) is -2.89. The van der Waals surface area contributed by atoms with Gasteiger partial charge in [-0.05, 0) is 12.8 Å². The van der Waals surface area contributed by atoms with Gasteiger partial charge < -0.3 is 5.11 Å². The molecule has 12 heteroatoms. The zero-order chi connectivity index (χ0) is 19.6. The first-order valence-corrected chi connectivity index (χ1v) is 10.3. The van der Waals surface area contributed by atoms with Crippen molar-refractivity contribution in [2.24, 2.45) is 0 Å². The van der Waals surface area contributed by atoms with E-state index in [-0.39, 0.29) is 18.9 Å². The lowest BCUT2D eigenvalue weighted by Gasteiger charge is -2.18. The fraction of sp³-hybridized carbons (Fsp3) is 0.462. The van der Waals surface area contributed by atoms with Crippen LogP contribution >= 0.6 is 0 Å². The highest BCUT2D eigenvalue weighted by molar-refractivity contribution is 8.09. The van der Waals surface area contributed by atoms with Crippen LogP contribution in [0.1, 0.15) is 37.0 Å². The van der Waals surface area contributed by atoms with E-state index in [9.17, 15) is 34.8 Å². The first-order chi connectivity index (χ1) is 11.4. The van der Waals surface area contributed by atoms with E-state index in [2.05, 4.69) is 0 Å². The average Bonchev–Trinajstić information content (AvgIpc) is 2.44. The van der Waals surface area contributed by atoms with Crippen molar-refractivity contribution in [1.82, 2.24) is 0 Å². The van der Waals surface area contributed by atoms with E-state index in [1.54, 1.807) is 0 Å². The maximum Gasteiger partial charge on any atom is 0.341 e. The number of hydrogen-bond acceptors (Lipinski definition) is 5. The number of rotatable bonds is 8. The van der Waals surface area contributed by atoms with Crippen LogP contribution in [-0.2, 0) is 19.9 Å². The van der Waals surface area contributed by atoms with Crippen LogP contribution in [0.15, 0.2) is 6.07 Å².